The lowest BCUT2D eigenvalue weighted by molar-refractivity contribution is -0.122. The molecule has 5 nitrogen and oxygen atoms in total. The average molecular weight is 362 g/mol. The molecule has 1 N–H and O–H groups in total. The van der Waals surface area contributed by atoms with Crippen molar-refractivity contribution in [1.82, 2.24) is 10.2 Å². The van der Waals surface area contributed by atoms with Crippen LogP contribution in [0.1, 0.15) is 48.9 Å². The van der Waals surface area contributed by atoms with Crippen LogP contribution in [0.2, 0.25) is 0 Å². The molecule has 3 rings (SSSR count). The SMILES string of the molecule is O=C(CCC(=O)c1ccc(F)cc1)NC1CCN(CC2CCCO2)CC1. The van der Waals surface area contributed by atoms with E-state index in [2.05, 4.69) is 10.2 Å². The van der Waals surface area contributed by atoms with Gasteiger partial charge >= 0.3 is 0 Å². The van der Waals surface area contributed by atoms with Crippen LogP contribution in [-0.2, 0) is 9.53 Å². The standard InChI is InChI=1S/C20H27FN2O3/c21-16-5-3-15(4-6-16)19(24)7-8-20(25)22-17-9-11-23(12-10-17)14-18-2-1-13-26-18/h3-6,17-18H,1-2,7-14H2,(H,22,25). The maximum absolute atomic E-state index is 12.9. The molecule has 6 heteroatoms. The Labute approximate surface area is 153 Å². The largest absolute Gasteiger partial charge is 0.377 e. The molecule has 142 valence electrons. The Bertz CT molecular complexity index is 606. The van der Waals surface area contributed by atoms with E-state index in [1.54, 1.807) is 0 Å². The third-order valence-corrected chi connectivity index (χ3v) is 5.18. The van der Waals surface area contributed by atoms with E-state index in [0.717, 1.165) is 51.9 Å². The number of ketones is 1. The minimum absolute atomic E-state index is 0.0852. The molecular weight excluding hydrogens is 335 g/mol. The van der Waals surface area contributed by atoms with Crippen LogP contribution in [0.25, 0.3) is 0 Å². The molecule has 0 aliphatic carbocycles. The first-order valence-electron chi connectivity index (χ1n) is 9.52. The summed E-state index contributed by atoms with van der Waals surface area (Å²) in [4.78, 5) is 26.6. The summed E-state index contributed by atoms with van der Waals surface area (Å²) in [5.41, 5.74) is 0.446. The van der Waals surface area contributed by atoms with E-state index in [0.29, 0.717) is 11.7 Å². The van der Waals surface area contributed by atoms with Crippen LogP contribution in [0.5, 0.6) is 0 Å². The second kappa shape index (κ2) is 9.24. The number of nitrogens with zero attached hydrogens (tertiary/aromatic N) is 1. The van der Waals surface area contributed by atoms with Crippen LogP contribution >= 0.6 is 0 Å². The van der Waals surface area contributed by atoms with Crippen molar-refractivity contribution in [2.75, 3.05) is 26.2 Å². The van der Waals surface area contributed by atoms with Gasteiger partial charge in [0.05, 0.1) is 6.10 Å². The number of Topliss-reactive ketones (excluding diaryl/α,β-unsaturated/α-hetero) is 1. The number of amides is 1. The number of halogens is 1. The van der Waals surface area contributed by atoms with Crippen LogP contribution in [0.15, 0.2) is 24.3 Å². The smallest absolute Gasteiger partial charge is 0.220 e. The van der Waals surface area contributed by atoms with Gasteiger partial charge in [0.2, 0.25) is 5.91 Å². The van der Waals surface area contributed by atoms with Gasteiger partial charge in [0, 0.05) is 50.7 Å². The van der Waals surface area contributed by atoms with Crippen molar-refractivity contribution in [1.29, 1.82) is 0 Å². The normalized spacial score (nSPS) is 21.7. The zero-order valence-electron chi connectivity index (χ0n) is 15.1. The number of hydrogen-bond acceptors (Lipinski definition) is 4. The molecule has 1 aromatic carbocycles. The predicted octanol–water partition coefficient (Wildman–Crippen LogP) is 2.55. The summed E-state index contributed by atoms with van der Waals surface area (Å²) in [5.74, 6) is -0.588. The predicted molar refractivity (Wildman–Crippen MR) is 96.5 cm³/mol. The average Bonchev–Trinajstić information content (AvgIpc) is 3.15. The summed E-state index contributed by atoms with van der Waals surface area (Å²) < 4.78 is 18.6. The van der Waals surface area contributed by atoms with E-state index in [-0.39, 0.29) is 36.4 Å². The van der Waals surface area contributed by atoms with Gasteiger partial charge < -0.3 is 15.0 Å². The van der Waals surface area contributed by atoms with Crippen molar-refractivity contribution in [2.45, 2.75) is 50.7 Å². The third kappa shape index (κ3) is 5.61. The quantitative estimate of drug-likeness (QED) is 0.758. The van der Waals surface area contributed by atoms with Gasteiger partial charge in [0.1, 0.15) is 5.82 Å². The number of piperidine rings is 1. The number of carbonyl (C=O) groups is 2. The highest BCUT2D eigenvalue weighted by atomic mass is 19.1. The van der Waals surface area contributed by atoms with Crippen molar-refractivity contribution in [3.05, 3.63) is 35.6 Å². The fraction of sp³-hybridized carbons (Fsp3) is 0.600. The van der Waals surface area contributed by atoms with Gasteiger partial charge in [-0.25, -0.2) is 4.39 Å². The van der Waals surface area contributed by atoms with Crippen LogP contribution in [-0.4, -0.2) is 55.0 Å². The molecule has 1 amide bonds. The molecule has 2 heterocycles. The zero-order chi connectivity index (χ0) is 18.4. The minimum Gasteiger partial charge on any atom is -0.377 e. The molecule has 1 atom stereocenters. The summed E-state index contributed by atoms with van der Waals surface area (Å²) in [6, 6.07) is 5.62. The fourth-order valence-electron chi connectivity index (χ4n) is 3.64. The number of likely N-dealkylation sites (tertiary alicyclic amines) is 1. The lowest BCUT2D eigenvalue weighted by Crippen LogP contribution is -2.46. The number of rotatable bonds is 7. The van der Waals surface area contributed by atoms with Crippen LogP contribution in [0, 0.1) is 5.82 Å². The molecule has 1 unspecified atom stereocenters. The molecule has 0 radical (unpaired) electrons. The van der Waals surface area contributed by atoms with Crippen molar-refractivity contribution in [3.63, 3.8) is 0 Å². The van der Waals surface area contributed by atoms with Gasteiger partial charge in [-0.15, -0.1) is 0 Å². The van der Waals surface area contributed by atoms with Crippen molar-refractivity contribution < 1.29 is 18.7 Å². The van der Waals surface area contributed by atoms with E-state index in [4.69, 9.17) is 4.74 Å². The van der Waals surface area contributed by atoms with Gasteiger partial charge in [-0.1, -0.05) is 0 Å². The van der Waals surface area contributed by atoms with Crippen molar-refractivity contribution >= 4 is 11.7 Å². The second-order valence-corrected chi connectivity index (χ2v) is 7.21. The van der Waals surface area contributed by atoms with E-state index in [1.165, 1.54) is 24.3 Å². The number of nitrogens with one attached hydrogen (secondary N) is 1. The Hall–Kier alpha value is -1.79. The van der Waals surface area contributed by atoms with E-state index in [9.17, 15) is 14.0 Å². The summed E-state index contributed by atoms with van der Waals surface area (Å²) in [6.07, 6.45) is 4.88. The maximum atomic E-state index is 12.9. The number of ether oxygens (including phenoxy) is 1. The van der Waals surface area contributed by atoms with Crippen molar-refractivity contribution in [2.24, 2.45) is 0 Å². The van der Waals surface area contributed by atoms with Gasteiger partial charge in [-0.3, -0.25) is 9.59 Å². The summed E-state index contributed by atoms with van der Waals surface area (Å²) in [6.45, 7) is 3.82. The Morgan fingerprint density at radius 3 is 2.50 bits per heavy atom. The molecule has 1 aromatic rings. The Morgan fingerprint density at radius 1 is 1.12 bits per heavy atom. The van der Waals surface area contributed by atoms with Gasteiger partial charge in [0.25, 0.3) is 0 Å². The number of carbonyl (C=O) groups excluding carboxylic acids is 2. The number of benzene rings is 1. The fourth-order valence-corrected chi connectivity index (χ4v) is 3.64. The molecule has 2 aliphatic rings. The molecule has 2 fully saturated rings. The first-order chi connectivity index (χ1) is 12.6. The highest BCUT2D eigenvalue weighted by molar-refractivity contribution is 5.97. The van der Waals surface area contributed by atoms with Crippen LogP contribution in [0.4, 0.5) is 4.39 Å². The Morgan fingerprint density at radius 2 is 1.85 bits per heavy atom. The lowest BCUT2D eigenvalue weighted by Gasteiger charge is -2.33. The summed E-state index contributed by atoms with van der Waals surface area (Å²) in [7, 11) is 0. The summed E-state index contributed by atoms with van der Waals surface area (Å²) in [5, 5.41) is 3.04. The topological polar surface area (TPSA) is 58.6 Å². The van der Waals surface area contributed by atoms with Gasteiger partial charge in [-0.2, -0.15) is 0 Å². The second-order valence-electron chi connectivity index (χ2n) is 7.21. The third-order valence-electron chi connectivity index (χ3n) is 5.18. The monoisotopic (exact) mass is 362 g/mol. The molecule has 0 spiro atoms. The van der Waals surface area contributed by atoms with Gasteiger partial charge in [0.15, 0.2) is 5.78 Å². The Kier molecular flexibility index (Phi) is 6.74. The van der Waals surface area contributed by atoms with Gasteiger partial charge in [-0.05, 0) is 49.9 Å². The van der Waals surface area contributed by atoms with Crippen LogP contribution in [0.3, 0.4) is 0 Å². The minimum atomic E-state index is -0.370. The molecule has 26 heavy (non-hydrogen) atoms. The molecule has 0 bridgehead atoms. The molecule has 0 saturated carbocycles. The maximum Gasteiger partial charge on any atom is 0.220 e. The Balaban J connectivity index is 1.33. The summed E-state index contributed by atoms with van der Waals surface area (Å²) >= 11 is 0. The molecule has 2 aliphatic heterocycles. The lowest BCUT2D eigenvalue weighted by atomic mass is 10.0. The van der Waals surface area contributed by atoms with E-state index < -0.39 is 0 Å². The first-order valence-corrected chi connectivity index (χ1v) is 9.52. The number of hydrogen-bond donors (Lipinski definition) is 1. The van der Waals surface area contributed by atoms with E-state index in [1.807, 2.05) is 0 Å². The van der Waals surface area contributed by atoms with Crippen molar-refractivity contribution in [3.8, 4) is 0 Å². The highest BCUT2D eigenvalue weighted by Crippen LogP contribution is 2.17. The molecule has 0 aromatic heterocycles. The van der Waals surface area contributed by atoms with E-state index >= 15 is 0 Å². The zero-order valence-corrected chi connectivity index (χ0v) is 15.1. The first kappa shape index (κ1) is 19.0. The van der Waals surface area contributed by atoms with Crippen LogP contribution < -0.4 is 5.32 Å². The molecule has 2 saturated heterocycles. The molecular formula is C20H27FN2O3. The highest BCUT2D eigenvalue weighted by Gasteiger charge is 2.24.